The second-order valence-corrected chi connectivity index (χ2v) is 7.24. The zero-order valence-corrected chi connectivity index (χ0v) is 12.9. The summed E-state index contributed by atoms with van der Waals surface area (Å²) in [5.41, 5.74) is -0.278. The minimum Gasteiger partial charge on any atom is -0.481 e. The molecule has 0 radical (unpaired) electrons. The van der Waals surface area contributed by atoms with E-state index in [2.05, 4.69) is 5.32 Å². The number of nitrogens with zero attached hydrogens (tertiary/aromatic N) is 1. The Kier molecular flexibility index (Phi) is 5.52. The standard InChI is InChI=1S/C13H24N2O3S/c1-13(2,3)10(7-11(16)17)14-12(18)15(4)9-5-6-19-8-9/h9-10H,5-8H2,1-4H3,(H,14,18)(H,16,17). The Labute approximate surface area is 119 Å². The summed E-state index contributed by atoms with van der Waals surface area (Å²) in [4.78, 5) is 24.8. The maximum Gasteiger partial charge on any atom is 0.317 e. The molecule has 19 heavy (non-hydrogen) atoms. The van der Waals surface area contributed by atoms with Gasteiger partial charge in [-0.05, 0) is 17.6 Å². The fourth-order valence-electron chi connectivity index (χ4n) is 1.99. The zero-order valence-electron chi connectivity index (χ0n) is 12.1. The van der Waals surface area contributed by atoms with Crippen molar-refractivity contribution in [3.05, 3.63) is 0 Å². The van der Waals surface area contributed by atoms with E-state index in [0.717, 1.165) is 17.9 Å². The summed E-state index contributed by atoms with van der Waals surface area (Å²) < 4.78 is 0. The molecule has 0 aliphatic carbocycles. The smallest absolute Gasteiger partial charge is 0.317 e. The summed E-state index contributed by atoms with van der Waals surface area (Å²) in [6.45, 7) is 5.81. The monoisotopic (exact) mass is 288 g/mol. The zero-order chi connectivity index (χ0) is 14.6. The molecule has 2 atom stereocenters. The number of nitrogens with one attached hydrogen (secondary N) is 1. The van der Waals surface area contributed by atoms with Crippen molar-refractivity contribution < 1.29 is 14.7 Å². The molecule has 0 saturated carbocycles. The van der Waals surface area contributed by atoms with Crippen LogP contribution in [0.1, 0.15) is 33.6 Å². The van der Waals surface area contributed by atoms with Crippen molar-refractivity contribution in [2.24, 2.45) is 5.41 Å². The number of hydrogen-bond acceptors (Lipinski definition) is 3. The van der Waals surface area contributed by atoms with Gasteiger partial charge in [-0.2, -0.15) is 11.8 Å². The van der Waals surface area contributed by atoms with E-state index in [0.29, 0.717) is 0 Å². The largest absolute Gasteiger partial charge is 0.481 e. The molecule has 1 fully saturated rings. The molecule has 1 saturated heterocycles. The van der Waals surface area contributed by atoms with Crippen LogP contribution in [0.15, 0.2) is 0 Å². The minimum atomic E-state index is -0.890. The number of hydrogen-bond donors (Lipinski definition) is 2. The molecule has 2 unspecified atom stereocenters. The Morgan fingerprint density at radius 3 is 2.53 bits per heavy atom. The van der Waals surface area contributed by atoms with E-state index in [1.54, 1.807) is 11.9 Å². The maximum atomic E-state index is 12.2. The fraction of sp³-hybridized carbons (Fsp3) is 0.846. The van der Waals surface area contributed by atoms with Crippen molar-refractivity contribution in [1.82, 2.24) is 10.2 Å². The average molecular weight is 288 g/mol. The molecule has 110 valence electrons. The summed E-state index contributed by atoms with van der Waals surface area (Å²) in [6, 6.07) is -0.280. The molecule has 1 rings (SSSR count). The lowest BCUT2D eigenvalue weighted by molar-refractivity contribution is -0.138. The Bertz CT molecular complexity index is 335. The third-order valence-corrected chi connectivity index (χ3v) is 4.64. The van der Waals surface area contributed by atoms with Crippen LogP contribution in [0.25, 0.3) is 0 Å². The SMILES string of the molecule is CN(C(=O)NC(CC(=O)O)C(C)(C)C)C1CCSC1. The van der Waals surface area contributed by atoms with Crippen molar-refractivity contribution in [1.29, 1.82) is 0 Å². The lowest BCUT2D eigenvalue weighted by Crippen LogP contribution is -2.51. The van der Waals surface area contributed by atoms with E-state index in [4.69, 9.17) is 5.11 Å². The fourth-order valence-corrected chi connectivity index (χ4v) is 3.26. The van der Waals surface area contributed by atoms with E-state index < -0.39 is 5.97 Å². The van der Waals surface area contributed by atoms with Gasteiger partial charge in [0.1, 0.15) is 0 Å². The van der Waals surface area contributed by atoms with Crippen molar-refractivity contribution in [2.75, 3.05) is 18.6 Å². The average Bonchev–Trinajstić information content (AvgIpc) is 2.78. The molecule has 0 aromatic carbocycles. The molecule has 5 nitrogen and oxygen atoms in total. The summed E-state index contributed by atoms with van der Waals surface area (Å²) in [5.74, 6) is 1.16. The number of carbonyl (C=O) groups excluding carboxylic acids is 1. The Hall–Kier alpha value is -0.910. The van der Waals surface area contributed by atoms with E-state index in [1.165, 1.54) is 0 Å². The number of aliphatic carboxylic acids is 1. The summed E-state index contributed by atoms with van der Waals surface area (Å²) in [6.07, 6.45) is 0.955. The number of urea groups is 1. The molecule has 2 amide bonds. The van der Waals surface area contributed by atoms with Gasteiger partial charge in [0.05, 0.1) is 6.42 Å². The predicted octanol–water partition coefficient (Wildman–Crippen LogP) is 2.02. The molecule has 6 heteroatoms. The van der Waals surface area contributed by atoms with Crippen molar-refractivity contribution >= 4 is 23.8 Å². The lowest BCUT2D eigenvalue weighted by atomic mass is 9.85. The molecule has 1 aliphatic rings. The predicted molar refractivity (Wildman–Crippen MR) is 77.5 cm³/mol. The highest BCUT2D eigenvalue weighted by atomic mass is 32.2. The van der Waals surface area contributed by atoms with Crippen LogP contribution in [-0.4, -0.2) is 52.6 Å². The van der Waals surface area contributed by atoms with Gasteiger partial charge in [-0.3, -0.25) is 4.79 Å². The molecule has 1 aliphatic heterocycles. The normalized spacial score (nSPS) is 20.9. The van der Waals surface area contributed by atoms with Gasteiger partial charge in [-0.1, -0.05) is 20.8 Å². The molecular formula is C13H24N2O3S. The molecule has 0 aromatic rings. The Balaban J connectivity index is 2.62. The summed E-state index contributed by atoms with van der Waals surface area (Å²) in [7, 11) is 1.78. The highest BCUT2D eigenvalue weighted by Crippen LogP contribution is 2.24. The molecule has 0 bridgehead atoms. The van der Waals surface area contributed by atoms with Crippen molar-refractivity contribution in [3.63, 3.8) is 0 Å². The van der Waals surface area contributed by atoms with Crippen LogP contribution in [0.3, 0.4) is 0 Å². The second-order valence-electron chi connectivity index (χ2n) is 6.09. The highest BCUT2D eigenvalue weighted by molar-refractivity contribution is 7.99. The van der Waals surface area contributed by atoms with Crippen molar-refractivity contribution in [2.45, 2.75) is 45.7 Å². The van der Waals surface area contributed by atoms with Crippen LogP contribution in [-0.2, 0) is 4.79 Å². The topological polar surface area (TPSA) is 69.6 Å². The first-order valence-electron chi connectivity index (χ1n) is 6.54. The summed E-state index contributed by atoms with van der Waals surface area (Å²) >= 11 is 1.85. The van der Waals surface area contributed by atoms with E-state index in [-0.39, 0.29) is 30.0 Å². The summed E-state index contributed by atoms with van der Waals surface area (Å²) in [5, 5.41) is 11.8. The first-order chi connectivity index (χ1) is 8.71. The number of amides is 2. The Morgan fingerprint density at radius 2 is 2.11 bits per heavy atom. The van der Waals surface area contributed by atoms with Crippen LogP contribution in [0, 0.1) is 5.41 Å². The van der Waals surface area contributed by atoms with Gasteiger partial charge in [0.25, 0.3) is 0 Å². The highest BCUT2D eigenvalue weighted by Gasteiger charge is 2.31. The van der Waals surface area contributed by atoms with Gasteiger partial charge in [0, 0.05) is 24.9 Å². The quantitative estimate of drug-likeness (QED) is 0.830. The van der Waals surface area contributed by atoms with Crippen molar-refractivity contribution in [3.8, 4) is 0 Å². The second kappa shape index (κ2) is 6.50. The number of thioether (sulfide) groups is 1. The van der Waals surface area contributed by atoms with Crippen LogP contribution in [0.4, 0.5) is 4.79 Å². The van der Waals surface area contributed by atoms with Gasteiger partial charge in [0.15, 0.2) is 0 Å². The van der Waals surface area contributed by atoms with E-state index >= 15 is 0 Å². The first kappa shape index (κ1) is 16.1. The first-order valence-corrected chi connectivity index (χ1v) is 7.70. The lowest BCUT2D eigenvalue weighted by Gasteiger charge is -2.33. The molecule has 2 N–H and O–H groups in total. The van der Waals surface area contributed by atoms with Gasteiger partial charge in [0.2, 0.25) is 0 Å². The minimum absolute atomic E-state index is 0.0531. The maximum absolute atomic E-state index is 12.2. The third kappa shape index (κ3) is 4.93. The van der Waals surface area contributed by atoms with Gasteiger partial charge in [-0.25, -0.2) is 4.79 Å². The van der Waals surface area contributed by atoms with Gasteiger partial charge < -0.3 is 15.3 Å². The van der Waals surface area contributed by atoms with Gasteiger partial charge >= 0.3 is 12.0 Å². The van der Waals surface area contributed by atoms with Crippen LogP contribution in [0.2, 0.25) is 0 Å². The van der Waals surface area contributed by atoms with Gasteiger partial charge in [-0.15, -0.1) is 0 Å². The number of rotatable bonds is 4. The Morgan fingerprint density at radius 1 is 1.47 bits per heavy atom. The number of carbonyl (C=O) groups is 2. The molecule has 1 heterocycles. The number of carboxylic acids is 1. The van der Waals surface area contributed by atoms with Crippen LogP contribution < -0.4 is 5.32 Å². The molecular weight excluding hydrogens is 264 g/mol. The third-order valence-electron chi connectivity index (χ3n) is 3.50. The van der Waals surface area contributed by atoms with E-state index in [9.17, 15) is 9.59 Å². The van der Waals surface area contributed by atoms with Crippen LogP contribution >= 0.6 is 11.8 Å². The van der Waals surface area contributed by atoms with Crippen LogP contribution in [0.5, 0.6) is 0 Å². The number of carboxylic acid groups (broad SMARTS) is 1. The van der Waals surface area contributed by atoms with E-state index in [1.807, 2.05) is 32.5 Å². The molecule has 0 aromatic heterocycles. The molecule has 0 spiro atoms.